The van der Waals surface area contributed by atoms with Crippen molar-refractivity contribution in [3.8, 4) is 5.75 Å². The van der Waals surface area contributed by atoms with E-state index < -0.39 is 6.10 Å². The smallest absolute Gasteiger partial charge is 0.128 e. The molecule has 1 aliphatic rings. The molecule has 0 amide bonds. The fraction of sp³-hybridized carbons (Fsp3) is 0.294. The van der Waals surface area contributed by atoms with Crippen LogP contribution < -0.4 is 4.74 Å². The van der Waals surface area contributed by atoms with Crippen molar-refractivity contribution in [2.24, 2.45) is 0 Å². The van der Waals surface area contributed by atoms with E-state index in [1.807, 2.05) is 30.3 Å². The van der Waals surface area contributed by atoms with Gasteiger partial charge in [0.2, 0.25) is 0 Å². The summed E-state index contributed by atoms with van der Waals surface area (Å²) in [6, 6.07) is 14.1. The molecule has 0 radical (unpaired) electrons. The Labute approximate surface area is 137 Å². The number of hydrogen-bond acceptors (Lipinski definition) is 3. The summed E-state index contributed by atoms with van der Waals surface area (Å²) in [4.78, 5) is 1.14. The fourth-order valence-electron chi connectivity index (χ4n) is 2.50. The number of para-hydroxylation sites is 1. The topological polar surface area (TPSA) is 29.5 Å². The van der Waals surface area contributed by atoms with Crippen molar-refractivity contribution in [1.29, 1.82) is 0 Å². The van der Waals surface area contributed by atoms with Gasteiger partial charge in [0.25, 0.3) is 0 Å². The number of halogens is 1. The Morgan fingerprint density at radius 1 is 1.19 bits per heavy atom. The molecule has 3 rings (SSSR count). The maximum Gasteiger partial charge on any atom is 0.128 e. The summed E-state index contributed by atoms with van der Waals surface area (Å²) >= 11 is 5.18. The van der Waals surface area contributed by atoms with E-state index in [1.54, 1.807) is 11.8 Å². The van der Waals surface area contributed by atoms with Crippen molar-refractivity contribution < 1.29 is 9.84 Å². The molecule has 1 atom stereocenters. The summed E-state index contributed by atoms with van der Waals surface area (Å²) in [5.41, 5.74) is 2.12. The number of rotatable bonds is 4. The molecule has 0 spiro atoms. The number of ether oxygens (including phenoxy) is 1. The minimum absolute atomic E-state index is 0.518. The highest BCUT2D eigenvalue weighted by Crippen LogP contribution is 2.36. The maximum absolute atomic E-state index is 10.5. The number of aryl methyl sites for hydroxylation is 1. The Hall–Kier alpha value is -0.970. The number of fused-ring (bicyclic) bond motifs is 1. The van der Waals surface area contributed by atoms with Gasteiger partial charge in [0.1, 0.15) is 5.75 Å². The highest BCUT2D eigenvalue weighted by atomic mass is 79.9. The lowest BCUT2D eigenvalue weighted by molar-refractivity contribution is 0.192. The van der Waals surface area contributed by atoms with E-state index in [0.29, 0.717) is 5.75 Å². The molecule has 2 aromatic carbocycles. The molecule has 0 saturated carbocycles. The van der Waals surface area contributed by atoms with Gasteiger partial charge in [0.05, 0.1) is 12.7 Å². The Bertz CT molecular complexity index is 630. The van der Waals surface area contributed by atoms with Crippen molar-refractivity contribution in [2.75, 3.05) is 12.4 Å². The lowest BCUT2D eigenvalue weighted by Gasteiger charge is -2.22. The minimum Gasteiger partial charge on any atom is -0.493 e. The van der Waals surface area contributed by atoms with Crippen molar-refractivity contribution >= 4 is 27.7 Å². The number of aliphatic hydroxyl groups is 1. The third-order valence-corrected chi connectivity index (χ3v) is 5.66. The first-order chi connectivity index (χ1) is 10.3. The first-order valence-electron chi connectivity index (χ1n) is 7.05. The van der Waals surface area contributed by atoms with Crippen LogP contribution in [0, 0.1) is 0 Å². The molecule has 0 fully saturated rings. The third kappa shape index (κ3) is 3.44. The predicted molar refractivity (Wildman–Crippen MR) is 90.1 cm³/mol. The standard InChI is InChI=1S/C17H17BrO2S/c18-14-8-1-2-9-16(14)21-11-15(19)13-7-3-5-12-6-4-10-20-17(12)13/h1-3,5,7-9,15,19H,4,6,10-11H2. The Morgan fingerprint density at radius 3 is 2.90 bits per heavy atom. The van der Waals surface area contributed by atoms with Crippen LogP contribution in [0.5, 0.6) is 5.75 Å². The van der Waals surface area contributed by atoms with E-state index in [-0.39, 0.29) is 0 Å². The zero-order valence-electron chi connectivity index (χ0n) is 11.6. The molecule has 0 saturated heterocycles. The van der Waals surface area contributed by atoms with Crippen LogP contribution in [0.25, 0.3) is 0 Å². The summed E-state index contributed by atoms with van der Waals surface area (Å²) < 4.78 is 6.84. The van der Waals surface area contributed by atoms with Crippen molar-refractivity contribution in [3.63, 3.8) is 0 Å². The van der Waals surface area contributed by atoms with Crippen molar-refractivity contribution in [1.82, 2.24) is 0 Å². The van der Waals surface area contributed by atoms with Crippen LogP contribution >= 0.6 is 27.7 Å². The number of thioether (sulfide) groups is 1. The van der Waals surface area contributed by atoms with Crippen molar-refractivity contribution in [2.45, 2.75) is 23.8 Å². The van der Waals surface area contributed by atoms with Crippen LogP contribution in [0.4, 0.5) is 0 Å². The summed E-state index contributed by atoms with van der Waals surface area (Å²) in [6.45, 7) is 0.744. The Kier molecular flexibility index (Phi) is 4.88. The fourth-order valence-corrected chi connectivity index (χ4v) is 4.02. The summed E-state index contributed by atoms with van der Waals surface area (Å²) in [5.74, 6) is 1.51. The molecule has 0 bridgehead atoms. The van der Waals surface area contributed by atoms with Crippen LogP contribution in [-0.4, -0.2) is 17.5 Å². The molecule has 4 heteroatoms. The lowest BCUT2D eigenvalue weighted by atomic mass is 10.00. The summed E-state index contributed by atoms with van der Waals surface area (Å²) in [5, 5.41) is 10.5. The molecular weight excluding hydrogens is 348 g/mol. The van der Waals surface area contributed by atoms with Crippen LogP contribution in [0.3, 0.4) is 0 Å². The van der Waals surface area contributed by atoms with Gasteiger partial charge in [-0.3, -0.25) is 0 Å². The molecule has 1 aliphatic heterocycles. The van der Waals surface area contributed by atoms with Gasteiger partial charge in [0, 0.05) is 20.7 Å². The van der Waals surface area contributed by atoms with E-state index in [0.717, 1.165) is 40.1 Å². The van der Waals surface area contributed by atoms with Gasteiger partial charge in [-0.2, -0.15) is 0 Å². The SMILES string of the molecule is OC(CSc1ccccc1Br)c1cccc2c1OCCC2. The Balaban J connectivity index is 1.74. The Morgan fingerprint density at radius 2 is 2.05 bits per heavy atom. The van der Waals surface area contributed by atoms with Gasteiger partial charge in [-0.05, 0) is 46.5 Å². The molecule has 110 valence electrons. The monoisotopic (exact) mass is 364 g/mol. The quantitative estimate of drug-likeness (QED) is 0.803. The van der Waals surface area contributed by atoms with Gasteiger partial charge in [-0.1, -0.05) is 30.3 Å². The second-order valence-corrected chi connectivity index (χ2v) is 6.96. The second kappa shape index (κ2) is 6.86. The number of aliphatic hydroxyl groups excluding tert-OH is 1. The van der Waals surface area contributed by atoms with E-state index in [9.17, 15) is 5.11 Å². The second-order valence-electron chi connectivity index (χ2n) is 5.04. The van der Waals surface area contributed by atoms with Crippen LogP contribution in [0.2, 0.25) is 0 Å². The van der Waals surface area contributed by atoms with Crippen LogP contribution in [0.1, 0.15) is 23.7 Å². The zero-order chi connectivity index (χ0) is 14.7. The van der Waals surface area contributed by atoms with Gasteiger partial charge < -0.3 is 9.84 Å². The van der Waals surface area contributed by atoms with Gasteiger partial charge in [0.15, 0.2) is 0 Å². The van der Waals surface area contributed by atoms with E-state index in [1.165, 1.54) is 5.56 Å². The van der Waals surface area contributed by atoms with Gasteiger partial charge in [-0.25, -0.2) is 0 Å². The minimum atomic E-state index is -0.518. The average Bonchev–Trinajstić information content (AvgIpc) is 2.53. The molecule has 1 N–H and O–H groups in total. The highest BCUT2D eigenvalue weighted by Gasteiger charge is 2.19. The first-order valence-corrected chi connectivity index (χ1v) is 8.83. The molecule has 2 nitrogen and oxygen atoms in total. The summed E-state index contributed by atoms with van der Waals surface area (Å²) in [7, 11) is 0. The van der Waals surface area contributed by atoms with Crippen molar-refractivity contribution in [3.05, 3.63) is 58.1 Å². The third-order valence-electron chi connectivity index (χ3n) is 3.56. The summed E-state index contributed by atoms with van der Waals surface area (Å²) in [6.07, 6.45) is 1.57. The van der Waals surface area contributed by atoms with Gasteiger partial charge >= 0.3 is 0 Å². The molecule has 2 aromatic rings. The van der Waals surface area contributed by atoms with Gasteiger partial charge in [-0.15, -0.1) is 11.8 Å². The molecule has 0 aromatic heterocycles. The van der Waals surface area contributed by atoms with E-state index >= 15 is 0 Å². The molecule has 1 unspecified atom stereocenters. The number of hydrogen-bond donors (Lipinski definition) is 1. The zero-order valence-corrected chi connectivity index (χ0v) is 14.0. The van der Waals surface area contributed by atoms with E-state index in [2.05, 4.69) is 28.1 Å². The lowest BCUT2D eigenvalue weighted by Crippen LogP contribution is -2.13. The maximum atomic E-state index is 10.5. The van der Waals surface area contributed by atoms with E-state index in [4.69, 9.17) is 4.74 Å². The first kappa shape index (κ1) is 14.9. The van der Waals surface area contributed by atoms with Crippen LogP contribution in [0.15, 0.2) is 51.8 Å². The molecule has 1 heterocycles. The number of benzene rings is 2. The van der Waals surface area contributed by atoms with Crippen LogP contribution in [-0.2, 0) is 6.42 Å². The normalized spacial score (nSPS) is 15.1. The average molecular weight is 365 g/mol. The largest absolute Gasteiger partial charge is 0.493 e. The predicted octanol–water partition coefficient (Wildman–Crippen LogP) is 4.60. The molecular formula is C17H17BrO2S. The highest BCUT2D eigenvalue weighted by molar-refractivity contribution is 9.10. The molecule has 21 heavy (non-hydrogen) atoms. The molecule has 0 aliphatic carbocycles.